The van der Waals surface area contributed by atoms with Crippen LogP contribution in [0.4, 0.5) is 5.69 Å². The Morgan fingerprint density at radius 1 is 1.06 bits per heavy atom. The lowest BCUT2D eigenvalue weighted by molar-refractivity contribution is -0.0792. The van der Waals surface area contributed by atoms with Crippen molar-refractivity contribution in [3.05, 3.63) is 58.5 Å². The second-order valence-corrected chi connectivity index (χ2v) is 9.22. The van der Waals surface area contributed by atoms with Crippen molar-refractivity contribution in [2.45, 2.75) is 32.9 Å². The van der Waals surface area contributed by atoms with Gasteiger partial charge >= 0.3 is 5.63 Å². The van der Waals surface area contributed by atoms with Crippen LogP contribution in [0, 0.1) is 13.8 Å². The molecule has 3 aromatic heterocycles. The quantitative estimate of drug-likeness (QED) is 0.480. The van der Waals surface area contributed by atoms with Gasteiger partial charge in [0.25, 0.3) is 0 Å². The predicted molar refractivity (Wildman–Crippen MR) is 127 cm³/mol. The van der Waals surface area contributed by atoms with Crippen LogP contribution in [0.1, 0.15) is 18.3 Å². The van der Waals surface area contributed by atoms with Gasteiger partial charge < -0.3 is 18.5 Å². The lowest BCUT2D eigenvalue weighted by atomic mass is 10.1. The molecule has 2 aliphatic heterocycles. The Hall–Kier alpha value is -3.23. The van der Waals surface area contributed by atoms with Gasteiger partial charge in [0.15, 0.2) is 11.4 Å². The molecule has 4 aromatic rings. The Morgan fingerprint density at radius 3 is 2.67 bits per heavy atom. The molecule has 6 rings (SSSR count). The van der Waals surface area contributed by atoms with Gasteiger partial charge in [-0.1, -0.05) is 6.07 Å². The van der Waals surface area contributed by atoms with Crippen LogP contribution in [-0.4, -0.2) is 64.2 Å². The molecule has 0 spiro atoms. The number of nitrogens with zero attached hydrogens (tertiary/aromatic N) is 5. The molecule has 2 aliphatic rings. The summed E-state index contributed by atoms with van der Waals surface area (Å²) in [6.45, 7) is 10.7. The van der Waals surface area contributed by atoms with Gasteiger partial charge in [-0.05, 0) is 44.4 Å². The molecule has 170 valence electrons. The number of anilines is 1. The second-order valence-electron chi connectivity index (χ2n) is 9.22. The number of ether oxygens (including phenoxy) is 1. The van der Waals surface area contributed by atoms with E-state index in [1.54, 1.807) is 0 Å². The summed E-state index contributed by atoms with van der Waals surface area (Å²) in [5, 5.41) is 1.45. The molecule has 33 heavy (non-hydrogen) atoms. The molecule has 5 heterocycles. The average Bonchev–Trinajstić information content (AvgIpc) is 3.18. The van der Waals surface area contributed by atoms with Crippen LogP contribution >= 0.6 is 0 Å². The topological polar surface area (TPSA) is 76.1 Å². The summed E-state index contributed by atoms with van der Waals surface area (Å²) in [6, 6.07) is 8.96. The normalized spacial score (nSPS) is 20.0. The van der Waals surface area contributed by atoms with Gasteiger partial charge in [-0.2, -0.15) is 0 Å². The molecule has 0 aliphatic carbocycles. The Labute approximate surface area is 191 Å². The van der Waals surface area contributed by atoms with E-state index >= 15 is 0 Å². The summed E-state index contributed by atoms with van der Waals surface area (Å²) >= 11 is 0. The number of piperazine rings is 1. The van der Waals surface area contributed by atoms with Crippen LogP contribution in [-0.2, 0) is 4.74 Å². The van der Waals surface area contributed by atoms with E-state index in [-0.39, 0.29) is 5.63 Å². The molecule has 0 saturated carbocycles. The molecule has 0 amide bonds. The SMILES string of the molecule is Cc1cn2cc(-c3cc4ccc(N5CCN(C6COC6)[C@@H](C)C5)cc4c(=O)o3)nc2c(C)n1. The lowest BCUT2D eigenvalue weighted by Gasteiger charge is -2.47. The summed E-state index contributed by atoms with van der Waals surface area (Å²) in [5.41, 5.74) is 3.85. The lowest BCUT2D eigenvalue weighted by Crippen LogP contribution is -2.60. The van der Waals surface area contributed by atoms with Crippen LogP contribution in [0.25, 0.3) is 27.9 Å². The first-order valence-corrected chi connectivity index (χ1v) is 11.5. The number of aryl methyl sites for hydroxylation is 2. The van der Waals surface area contributed by atoms with E-state index in [1.165, 1.54) is 0 Å². The number of hydrogen-bond donors (Lipinski definition) is 0. The highest BCUT2D eigenvalue weighted by atomic mass is 16.5. The Morgan fingerprint density at radius 2 is 1.91 bits per heavy atom. The van der Waals surface area contributed by atoms with Gasteiger partial charge in [0.05, 0.1) is 36.0 Å². The van der Waals surface area contributed by atoms with Crippen LogP contribution in [0.2, 0.25) is 0 Å². The molecule has 1 aromatic carbocycles. The molecule has 8 nitrogen and oxygen atoms in total. The van der Waals surface area contributed by atoms with E-state index in [1.807, 2.05) is 48.8 Å². The zero-order chi connectivity index (χ0) is 22.7. The minimum Gasteiger partial charge on any atom is -0.421 e. The fourth-order valence-corrected chi connectivity index (χ4v) is 5.08. The third-order valence-corrected chi connectivity index (χ3v) is 6.86. The van der Waals surface area contributed by atoms with Crippen LogP contribution in [0.3, 0.4) is 0 Å². The van der Waals surface area contributed by atoms with E-state index in [4.69, 9.17) is 9.15 Å². The summed E-state index contributed by atoms with van der Waals surface area (Å²) in [4.78, 5) is 27.0. The summed E-state index contributed by atoms with van der Waals surface area (Å²) in [5.74, 6) is 0.464. The van der Waals surface area contributed by atoms with Crippen LogP contribution in [0.15, 0.2) is 45.9 Å². The van der Waals surface area contributed by atoms with E-state index in [0.29, 0.717) is 28.9 Å². The molecule has 0 bridgehead atoms. The number of benzene rings is 1. The molecular formula is C25H27N5O3. The maximum absolute atomic E-state index is 12.9. The Bertz CT molecular complexity index is 1420. The van der Waals surface area contributed by atoms with Crippen LogP contribution < -0.4 is 10.5 Å². The number of aromatic nitrogens is 3. The predicted octanol–water partition coefficient (Wildman–Crippen LogP) is 3.03. The van der Waals surface area contributed by atoms with E-state index in [2.05, 4.69) is 32.8 Å². The van der Waals surface area contributed by atoms with Crippen molar-refractivity contribution in [1.29, 1.82) is 0 Å². The van der Waals surface area contributed by atoms with Crippen molar-refractivity contribution >= 4 is 22.1 Å². The van der Waals surface area contributed by atoms with Gasteiger partial charge in [0, 0.05) is 43.8 Å². The molecule has 0 N–H and O–H groups in total. The molecule has 8 heteroatoms. The fourth-order valence-electron chi connectivity index (χ4n) is 5.08. The first-order valence-electron chi connectivity index (χ1n) is 11.5. The molecule has 0 radical (unpaired) electrons. The third kappa shape index (κ3) is 3.50. The second kappa shape index (κ2) is 7.67. The van der Waals surface area contributed by atoms with E-state index < -0.39 is 0 Å². The van der Waals surface area contributed by atoms with Crippen molar-refractivity contribution < 1.29 is 9.15 Å². The summed E-state index contributed by atoms with van der Waals surface area (Å²) in [7, 11) is 0. The Balaban J connectivity index is 1.31. The zero-order valence-electron chi connectivity index (χ0n) is 19.1. The monoisotopic (exact) mass is 445 g/mol. The third-order valence-electron chi connectivity index (χ3n) is 6.86. The smallest absolute Gasteiger partial charge is 0.344 e. The van der Waals surface area contributed by atoms with E-state index in [9.17, 15) is 4.79 Å². The van der Waals surface area contributed by atoms with Gasteiger partial charge in [-0.15, -0.1) is 0 Å². The van der Waals surface area contributed by atoms with Crippen molar-refractivity contribution in [3.63, 3.8) is 0 Å². The first kappa shape index (κ1) is 20.4. The largest absolute Gasteiger partial charge is 0.421 e. The van der Waals surface area contributed by atoms with Crippen molar-refractivity contribution in [3.8, 4) is 11.5 Å². The van der Waals surface area contributed by atoms with E-state index in [0.717, 1.165) is 61.0 Å². The number of hydrogen-bond acceptors (Lipinski definition) is 7. The van der Waals surface area contributed by atoms with Crippen LogP contribution in [0.5, 0.6) is 0 Å². The maximum atomic E-state index is 12.9. The molecule has 0 unspecified atom stereocenters. The minimum absolute atomic E-state index is 0.342. The minimum atomic E-state index is -0.342. The molecule has 2 fully saturated rings. The average molecular weight is 446 g/mol. The molecule has 1 atom stereocenters. The van der Waals surface area contributed by atoms with Gasteiger partial charge in [0.1, 0.15) is 5.69 Å². The zero-order valence-corrected chi connectivity index (χ0v) is 19.1. The van der Waals surface area contributed by atoms with Gasteiger partial charge in [-0.3, -0.25) is 9.88 Å². The summed E-state index contributed by atoms with van der Waals surface area (Å²) < 4.78 is 13.0. The molecular weight excluding hydrogens is 418 g/mol. The highest BCUT2D eigenvalue weighted by Gasteiger charge is 2.33. The van der Waals surface area contributed by atoms with Gasteiger partial charge in [0.2, 0.25) is 0 Å². The summed E-state index contributed by atoms with van der Waals surface area (Å²) in [6.07, 6.45) is 3.80. The Kier molecular flexibility index (Phi) is 4.74. The highest BCUT2D eigenvalue weighted by Crippen LogP contribution is 2.28. The standard InChI is InChI=1S/C25H27N5O3/c1-15-10-29-12-22(27-24(29)17(3)26-15)23-8-18-4-5-19(9-21(18)25(31)33-23)28-6-7-30(16(2)11-28)20-13-32-14-20/h4-5,8-10,12,16,20H,6-7,11,13-14H2,1-3H3/t16-/m0/s1. The van der Waals surface area contributed by atoms with Crippen molar-refractivity contribution in [2.24, 2.45) is 0 Å². The fraction of sp³-hybridized carbons (Fsp3) is 0.400. The molecule has 2 saturated heterocycles. The van der Waals surface area contributed by atoms with Crippen molar-refractivity contribution in [1.82, 2.24) is 19.3 Å². The maximum Gasteiger partial charge on any atom is 0.344 e. The number of imidazole rings is 1. The number of rotatable bonds is 3. The van der Waals surface area contributed by atoms with Gasteiger partial charge in [-0.25, -0.2) is 9.78 Å². The highest BCUT2D eigenvalue weighted by molar-refractivity contribution is 5.87. The number of fused-ring (bicyclic) bond motifs is 2. The first-order chi connectivity index (χ1) is 16.0. The van der Waals surface area contributed by atoms with Crippen molar-refractivity contribution in [2.75, 3.05) is 37.7 Å².